The van der Waals surface area contributed by atoms with Crippen LogP contribution >= 0.6 is 0 Å². The van der Waals surface area contributed by atoms with Crippen molar-refractivity contribution in [3.63, 3.8) is 0 Å². The number of aromatic nitrogens is 3. The molecule has 0 bridgehead atoms. The van der Waals surface area contributed by atoms with Crippen LogP contribution in [0, 0.1) is 0 Å². The predicted octanol–water partition coefficient (Wildman–Crippen LogP) is 5.55. The summed E-state index contributed by atoms with van der Waals surface area (Å²) in [4.78, 5) is 24.3. The zero-order chi connectivity index (χ0) is 21.9. The molecule has 6 nitrogen and oxygen atoms in total. The number of fused-ring (bicyclic) bond motifs is 1. The Bertz CT molecular complexity index is 1390. The van der Waals surface area contributed by atoms with Crippen molar-refractivity contribution < 1.29 is 9.53 Å². The Labute approximate surface area is 184 Å². The third-order valence-corrected chi connectivity index (χ3v) is 5.33. The summed E-state index contributed by atoms with van der Waals surface area (Å²) in [6, 6.07) is 21.0. The van der Waals surface area contributed by atoms with Gasteiger partial charge in [0.15, 0.2) is 0 Å². The highest BCUT2D eigenvalue weighted by atomic mass is 16.5. The number of aromatic amines is 1. The van der Waals surface area contributed by atoms with Gasteiger partial charge in [0.1, 0.15) is 11.4 Å². The number of nitrogens with one attached hydrogen (secondary N) is 2. The van der Waals surface area contributed by atoms with Crippen LogP contribution in [0.25, 0.3) is 33.3 Å². The normalized spacial score (nSPS) is 10.8. The van der Waals surface area contributed by atoms with Crippen LogP contribution in [0.15, 0.2) is 91.5 Å². The molecule has 0 radical (unpaired) electrons. The molecule has 0 spiro atoms. The number of carbonyl (C=O) groups is 1. The molecule has 2 aromatic carbocycles. The highest BCUT2D eigenvalue weighted by Gasteiger charge is 2.12. The topological polar surface area (TPSA) is 79.9 Å². The lowest BCUT2D eigenvalue weighted by molar-refractivity contribution is 0.102. The number of anilines is 1. The van der Waals surface area contributed by atoms with Gasteiger partial charge in [-0.25, -0.2) is 4.98 Å². The molecule has 0 aliphatic heterocycles. The predicted molar refractivity (Wildman–Crippen MR) is 126 cm³/mol. The molecule has 0 aliphatic carbocycles. The SMILES string of the molecule is COc1cc(NC(=O)c2ccc(-c3ccncc3)cc2)ccc1-c1cnc2[nH]ccc2c1. The van der Waals surface area contributed by atoms with Crippen LogP contribution in [0.2, 0.25) is 0 Å². The third kappa shape index (κ3) is 3.81. The Morgan fingerprint density at radius 1 is 0.906 bits per heavy atom. The van der Waals surface area contributed by atoms with Gasteiger partial charge in [-0.2, -0.15) is 0 Å². The number of nitrogens with zero attached hydrogens (tertiary/aromatic N) is 2. The lowest BCUT2D eigenvalue weighted by Crippen LogP contribution is -2.11. The first-order chi connectivity index (χ1) is 15.7. The van der Waals surface area contributed by atoms with Crippen molar-refractivity contribution >= 4 is 22.6 Å². The average Bonchev–Trinajstić information content (AvgIpc) is 3.32. The third-order valence-electron chi connectivity index (χ3n) is 5.33. The van der Waals surface area contributed by atoms with Gasteiger partial charge < -0.3 is 15.0 Å². The summed E-state index contributed by atoms with van der Waals surface area (Å²) in [6.07, 6.45) is 7.17. The van der Waals surface area contributed by atoms with Gasteiger partial charge in [0.2, 0.25) is 0 Å². The molecule has 0 aliphatic rings. The molecule has 0 fully saturated rings. The molecule has 156 valence electrons. The van der Waals surface area contributed by atoms with Crippen molar-refractivity contribution in [2.45, 2.75) is 0 Å². The summed E-state index contributed by atoms with van der Waals surface area (Å²) < 4.78 is 5.59. The number of rotatable bonds is 5. The summed E-state index contributed by atoms with van der Waals surface area (Å²) >= 11 is 0. The van der Waals surface area contributed by atoms with Crippen molar-refractivity contribution in [2.75, 3.05) is 12.4 Å². The standard InChI is InChI=1S/C26H20N4O2/c1-32-24-15-22(6-7-23(24)21-14-20-10-13-28-25(20)29-16-21)30-26(31)19-4-2-17(3-5-19)18-8-11-27-12-9-18/h2-16H,1H3,(H,28,29)(H,30,31). The van der Waals surface area contributed by atoms with Crippen LogP contribution in [0.5, 0.6) is 5.75 Å². The fraction of sp³-hybridized carbons (Fsp3) is 0.0385. The van der Waals surface area contributed by atoms with Gasteiger partial charge in [-0.15, -0.1) is 0 Å². The number of carbonyl (C=O) groups excluding carboxylic acids is 1. The van der Waals surface area contributed by atoms with Crippen molar-refractivity contribution in [3.05, 3.63) is 97.1 Å². The number of hydrogen-bond donors (Lipinski definition) is 2. The van der Waals surface area contributed by atoms with Gasteiger partial charge in [-0.3, -0.25) is 9.78 Å². The first-order valence-electron chi connectivity index (χ1n) is 10.1. The molecule has 0 saturated heterocycles. The van der Waals surface area contributed by atoms with E-state index in [1.165, 1.54) is 0 Å². The van der Waals surface area contributed by atoms with Crippen molar-refractivity contribution in [3.8, 4) is 28.0 Å². The van der Waals surface area contributed by atoms with Crippen LogP contribution in [0.1, 0.15) is 10.4 Å². The quantitative estimate of drug-likeness (QED) is 0.390. The number of hydrogen-bond acceptors (Lipinski definition) is 4. The molecule has 3 aromatic heterocycles. The van der Waals surface area contributed by atoms with E-state index in [0.717, 1.165) is 33.3 Å². The maximum absolute atomic E-state index is 12.8. The van der Waals surface area contributed by atoms with E-state index in [4.69, 9.17) is 4.74 Å². The van der Waals surface area contributed by atoms with Gasteiger partial charge in [-0.05, 0) is 59.7 Å². The number of methoxy groups -OCH3 is 1. The van der Waals surface area contributed by atoms with Crippen molar-refractivity contribution in [1.29, 1.82) is 0 Å². The molecule has 6 heteroatoms. The molecule has 0 saturated carbocycles. The van der Waals surface area contributed by atoms with Gasteiger partial charge in [0.25, 0.3) is 5.91 Å². The largest absolute Gasteiger partial charge is 0.496 e. The van der Waals surface area contributed by atoms with Gasteiger partial charge in [-0.1, -0.05) is 12.1 Å². The highest BCUT2D eigenvalue weighted by molar-refractivity contribution is 6.04. The van der Waals surface area contributed by atoms with E-state index in [2.05, 4.69) is 26.3 Å². The number of pyridine rings is 2. The van der Waals surface area contributed by atoms with E-state index >= 15 is 0 Å². The van der Waals surface area contributed by atoms with E-state index in [1.807, 2.05) is 66.9 Å². The first kappa shape index (κ1) is 19.5. The summed E-state index contributed by atoms with van der Waals surface area (Å²) in [7, 11) is 1.62. The van der Waals surface area contributed by atoms with E-state index in [1.54, 1.807) is 25.7 Å². The minimum absolute atomic E-state index is 0.184. The molecular formula is C26H20N4O2. The molecule has 5 rings (SSSR count). The van der Waals surface area contributed by atoms with E-state index < -0.39 is 0 Å². The van der Waals surface area contributed by atoms with Crippen LogP contribution in [0.3, 0.4) is 0 Å². The molecular weight excluding hydrogens is 400 g/mol. The van der Waals surface area contributed by atoms with E-state index in [-0.39, 0.29) is 5.91 Å². The van der Waals surface area contributed by atoms with Crippen LogP contribution in [0.4, 0.5) is 5.69 Å². The first-order valence-corrected chi connectivity index (χ1v) is 10.1. The van der Waals surface area contributed by atoms with Crippen LogP contribution in [-0.4, -0.2) is 28.0 Å². The average molecular weight is 420 g/mol. The van der Waals surface area contributed by atoms with Gasteiger partial charge in [0, 0.05) is 58.6 Å². The Morgan fingerprint density at radius 3 is 2.47 bits per heavy atom. The highest BCUT2D eigenvalue weighted by Crippen LogP contribution is 2.33. The molecule has 2 N–H and O–H groups in total. The molecule has 1 amide bonds. The van der Waals surface area contributed by atoms with Crippen LogP contribution < -0.4 is 10.1 Å². The fourth-order valence-corrected chi connectivity index (χ4v) is 3.66. The van der Waals surface area contributed by atoms with Crippen molar-refractivity contribution in [2.24, 2.45) is 0 Å². The number of amides is 1. The number of benzene rings is 2. The Balaban J connectivity index is 1.36. The Kier molecular flexibility index (Phi) is 5.09. The summed E-state index contributed by atoms with van der Waals surface area (Å²) in [5.41, 5.74) is 6.01. The van der Waals surface area contributed by atoms with Crippen LogP contribution in [-0.2, 0) is 0 Å². The minimum Gasteiger partial charge on any atom is -0.496 e. The van der Waals surface area contributed by atoms with Crippen molar-refractivity contribution in [1.82, 2.24) is 15.0 Å². The Morgan fingerprint density at radius 2 is 1.69 bits per heavy atom. The molecule has 0 unspecified atom stereocenters. The smallest absolute Gasteiger partial charge is 0.255 e. The second-order valence-corrected chi connectivity index (χ2v) is 7.32. The minimum atomic E-state index is -0.184. The van der Waals surface area contributed by atoms with Gasteiger partial charge >= 0.3 is 0 Å². The fourth-order valence-electron chi connectivity index (χ4n) is 3.66. The monoisotopic (exact) mass is 420 g/mol. The lowest BCUT2D eigenvalue weighted by atomic mass is 10.0. The Hall–Kier alpha value is -4.45. The zero-order valence-electron chi connectivity index (χ0n) is 17.4. The maximum Gasteiger partial charge on any atom is 0.255 e. The summed E-state index contributed by atoms with van der Waals surface area (Å²) in [6.45, 7) is 0. The van der Waals surface area contributed by atoms with Gasteiger partial charge in [0.05, 0.1) is 7.11 Å². The molecule has 0 atom stereocenters. The maximum atomic E-state index is 12.8. The molecule has 3 heterocycles. The van der Waals surface area contributed by atoms with E-state index in [9.17, 15) is 4.79 Å². The number of H-pyrrole nitrogens is 1. The van der Waals surface area contributed by atoms with E-state index in [0.29, 0.717) is 17.0 Å². The zero-order valence-corrected chi connectivity index (χ0v) is 17.4. The second kappa shape index (κ2) is 8.35. The number of ether oxygens (including phenoxy) is 1. The molecule has 5 aromatic rings. The summed E-state index contributed by atoms with van der Waals surface area (Å²) in [5, 5.41) is 3.97. The summed E-state index contributed by atoms with van der Waals surface area (Å²) in [5.74, 6) is 0.476. The molecule has 32 heavy (non-hydrogen) atoms. The lowest BCUT2D eigenvalue weighted by Gasteiger charge is -2.12. The second-order valence-electron chi connectivity index (χ2n) is 7.32.